The smallest absolute Gasteiger partial charge is 0.240 e. The van der Waals surface area contributed by atoms with E-state index in [0.717, 1.165) is 31.2 Å². The van der Waals surface area contributed by atoms with Gasteiger partial charge in [-0.1, -0.05) is 30.1 Å². The van der Waals surface area contributed by atoms with Gasteiger partial charge in [0.15, 0.2) is 5.82 Å². The Kier molecular flexibility index (Phi) is 5.73. The number of nitrogens with zero attached hydrogens (tertiary/aromatic N) is 1. The fourth-order valence-corrected chi connectivity index (χ4v) is 4.36. The maximum absolute atomic E-state index is 12.4. The van der Waals surface area contributed by atoms with Crippen molar-refractivity contribution in [3.63, 3.8) is 0 Å². The highest BCUT2D eigenvalue weighted by molar-refractivity contribution is 7.89. The molecule has 8 heteroatoms. The summed E-state index contributed by atoms with van der Waals surface area (Å²) in [5, 5.41) is 6.37. The van der Waals surface area contributed by atoms with E-state index in [1.807, 2.05) is 0 Å². The van der Waals surface area contributed by atoms with Gasteiger partial charge in [-0.25, -0.2) is 13.1 Å². The zero-order valence-electron chi connectivity index (χ0n) is 14.7. The highest BCUT2D eigenvalue weighted by Gasteiger charge is 2.22. The number of benzene rings is 1. The summed E-state index contributed by atoms with van der Waals surface area (Å²) in [4.78, 5) is 12.2. The number of aryl methyl sites for hydroxylation is 2. The SMILES string of the molecule is Cc1cc(NC(=O)CCc2ccc(S(=O)(=O)NC3CCCC3)cc2)no1. The number of aromatic nitrogens is 1. The highest BCUT2D eigenvalue weighted by Crippen LogP contribution is 2.20. The average molecular weight is 377 g/mol. The second-order valence-corrected chi connectivity index (χ2v) is 8.33. The number of hydrogen-bond donors (Lipinski definition) is 2. The summed E-state index contributed by atoms with van der Waals surface area (Å²) in [5.41, 5.74) is 0.899. The van der Waals surface area contributed by atoms with Crippen LogP contribution in [0, 0.1) is 6.92 Å². The van der Waals surface area contributed by atoms with Crippen LogP contribution in [0.2, 0.25) is 0 Å². The molecule has 0 atom stereocenters. The van der Waals surface area contributed by atoms with Crippen LogP contribution in [0.4, 0.5) is 5.82 Å². The standard InChI is InChI=1S/C18H23N3O4S/c1-13-12-17(20-25-13)19-18(22)11-8-14-6-9-16(10-7-14)26(23,24)21-15-4-2-3-5-15/h6-7,9-10,12,15,21H,2-5,8,11H2,1H3,(H,19,20,22). The Labute approximate surface area is 153 Å². The summed E-state index contributed by atoms with van der Waals surface area (Å²) < 4.78 is 32.4. The molecule has 0 unspecified atom stereocenters. The van der Waals surface area contributed by atoms with Gasteiger partial charge in [0.25, 0.3) is 0 Å². The molecule has 7 nitrogen and oxygen atoms in total. The summed E-state index contributed by atoms with van der Waals surface area (Å²) in [6.07, 6.45) is 4.73. The van der Waals surface area contributed by atoms with E-state index in [1.54, 1.807) is 37.3 Å². The van der Waals surface area contributed by atoms with Crippen LogP contribution in [0.5, 0.6) is 0 Å². The van der Waals surface area contributed by atoms with Crippen LogP contribution in [0.1, 0.15) is 43.4 Å². The zero-order chi connectivity index (χ0) is 18.6. The molecular weight excluding hydrogens is 354 g/mol. The van der Waals surface area contributed by atoms with Crippen molar-refractivity contribution in [2.24, 2.45) is 0 Å². The van der Waals surface area contributed by atoms with Crippen LogP contribution in [0.15, 0.2) is 39.8 Å². The molecule has 1 aromatic heterocycles. The molecule has 2 aromatic rings. The van der Waals surface area contributed by atoms with Crippen molar-refractivity contribution >= 4 is 21.7 Å². The van der Waals surface area contributed by atoms with E-state index in [0.29, 0.717) is 18.0 Å². The number of carbonyl (C=O) groups excluding carboxylic acids is 1. The molecule has 1 aromatic carbocycles. The minimum absolute atomic E-state index is 0.0449. The summed E-state index contributed by atoms with van der Waals surface area (Å²) >= 11 is 0. The maximum atomic E-state index is 12.4. The molecule has 26 heavy (non-hydrogen) atoms. The van der Waals surface area contributed by atoms with Gasteiger partial charge < -0.3 is 9.84 Å². The molecule has 0 spiro atoms. The van der Waals surface area contributed by atoms with E-state index in [9.17, 15) is 13.2 Å². The first kappa shape index (κ1) is 18.6. The number of rotatable bonds is 7. The number of anilines is 1. The lowest BCUT2D eigenvalue weighted by Crippen LogP contribution is -2.32. The predicted octanol–water partition coefficient (Wildman–Crippen LogP) is 2.78. The van der Waals surface area contributed by atoms with Crippen molar-refractivity contribution in [2.75, 3.05) is 5.32 Å². The Balaban J connectivity index is 1.53. The summed E-state index contributed by atoms with van der Waals surface area (Å²) in [5.74, 6) is 0.855. The number of hydrogen-bond acceptors (Lipinski definition) is 5. The summed E-state index contributed by atoms with van der Waals surface area (Å²) in [6, 6.07) is 8.36. The highest BCUT2D eigenvalue weighted by atomic mass is 32.2. The van der Waals surface area contributed by atoms with Gasteiger partial charge in [-0.15, -0.1) is 0 Å². The number of amides is 1. The van der Waals surface area contributed by atoms with Gasteiger partial charge in [0.1, 0.15) is 5.76 Å². The minimum Gasteiger partial charge on any atom is -0.360 e. The molecule has 1 aliphatic carbocycles. The summed E-state index contributed by atoms with van der Waals surface area (Å²) in [7, 11) is -3.48. The van der Waals surface area contributed by atoms with Crippen molar-refractivity contribution in [3.8, 4) is 0 Å². The first-order valence-corrected chi connectivity index (χ1v) is 10.3. The Bertz CT molecular complexity index is 853. The van der Waals surface area contributed by atoms with Crippen LogP contribution < -0.4 is 10.0 Å². The molecule has 0 bridgehead atoms. The van der Waals surface area contributed by atoms with Gasteiger partial charge in [-0.3, -0.25) is 4.79 Å². The molecule has 3 rings (SSSR count). The van der Waals surface area contributed by atoms with Crippen LogP contribution in [0.3, 0.4) is 0 Å². The van der Waals surface area contributed by atoms with Crippen molar-refractivity contribution in [2.45, 2.75) is 56.4 Å². The van der Waals surface area contributed by atoms with Gasteiger partial charge >= 0.3 is 0 Å². The lowest BCUT2D eigenvalue weighted by atomic mass is 10.1. The average Bonchev–Trinajstić information content (AvgIpc) is 3.25. The molecule has 1 heterocycles. The normalized spacial score (nSPS) is 15.3. The van der Waals surface area contributed by atoms with Gasteiger partial charge in [-0.05, 0) is 43.9 Å². The molecule has 1 saturated carbocycles. The topological polar surface area (TPSA) is 101 Å². The molecule has 2 N–H and O–H groups in total. The molecular formula is C18H23N3O4S. The Morgan fingerprint density at radius 3 is 2.54 bits per heavy atom. The molecule has 1 aliphatic rings. The molecule has 140 valence electrons. The Hall–Kier alpha value is -2.19. The lowest BCUT2D eigenvalue weighted by Gasteiger charge is -2.12. The third-order valence-corrected chi connectivity index (χ3v) is 5.98. The first-order valence-electron chi connectivity index (χ1n) is 8.77. The van der Waals surface area contributed by atoms with Gasteiger partial charge in [0.05, 0.1) is 4.90 Å². The van der Waals surface area contributed by atoms with E-state index in [2.05, 4.69) is 15.2 Å². The van der Waals surface area contributed by atoms with Crippen LogP contribution >= 0.6 is 0 Å². The fourth-order valence-electron chi connectivity index (χ4n) is 3.05. The van der Waals surface area contributed by atoms with Gasteiger partial charge in [0, 0.05) is 18.5 Å². The molecule has 1 fully saturated rings. The molecule has 1 amide bonds. The minimum atomic E-state index is -3.48. The third kappa shape index (κ3) is 4.92. The van der Waals surface area contributed by atoms with Crippen LogP contribution in [-0.4, -0.2) is 25.5 Å². The molecule has 0 saturated heterocycles. The Morgan fingerprint density at radius 2 is 1.92 bits per heavy atom. The Morgan fingerprint density at radius 1 is 1.23 bits per heavy atom. The lowest BCUT2D eigenvalue weighted by molar-refractivity contribution is -0.116. The van der Waals surface area contributed by atoms with Crippen molar-refractivity contribution < 1.29 is 17.7 Å². The predicted molar refractivity (Wildman–Crippen MR) is 97.2 cm³/mol. The monoisotopic (exact) mass is 377 g/mol. The first-order chi connectivity index (χ1) is 12.4. The largest absolute Gasteiger partial charge is 0.360 e. The van der Waals surface area contributed by atoms with Crippen molar-refractivity contribution in [3.05, 3.63) is 41.7 Å². The van der Waals surface area contributed by atoms with E-state index in [4.69, 9.17) is 4.52 Å². The quantitative estimate of drug-likeness (QED) is 0.773. The van der Waals surface area contributed by atoms with Crippen molar-refractivity contribution in [1.29, 1.82) is 0 Å². The van der Waals surface area contributed by atoms with Crippen molar-refractivity contribution in [1.82, 2.24) is 9.88 Å². The number of nitrogens with one attached hydrogen (secondary N) is 2. The van der Waals surface area contributed by atoms with E-state index < -0.39 is 10.0 Å². The van der Waals surface area contributed by atoms with E-state index in [1.165, 1.54) is 0 Å². The fraction of sp³-hybridized carbons (Fsp3) is 0.444. The molecule has 0 radical (unpaired) electrons. The van der Waals surface area contributed by atoms with E-state index in [-0.39, 0.29) is 23.3 Å². The van der Waals surface area contributed by atoms with Gasteiger partial charge in [-0.2, -0.15) is 0 Å². The molecule has 0 aliphatic heterocycles. The van der Waals surface area contributed by atoms with Gasteiger partial charge in [0.2, 0.25) is 15.9 Å². The third-order valence-electron chi connectivity index (χ3n) is 4.45. The van der Waals surface area contributed by atoms with Crippen LogP contribution in [-0.2, 0) is 21.2 Å². The number of carbonyl (C=O) groups is 1. The number of sulfonamides is 1. The van der Waals surface area contributed by atoms with Crippen LogP contribution in [0.25, 0.3) is 0 Å². The second kappa shape index (κ2) is 8.01. The zero-order valence-corrected chi connectivity index (χ0v) is 15.5. The second-order valence-electron chi connectivity index (χ2n) is 6.62. The van der Waals surface area contributed by atoms with E-state index >= 15 is 0 Å². The summed E-state index contributed by atoms with van der Waals surface area (Å²) in [6.45, 7) is 1.75. The maximum Gasteiger partial charge on any atom is 0.240 e.